The van der Waals surface area contributed by atoms with Gasteiger partial charge in [0, 0.05) is 24.7 Å². The molecule has 0 amide bonds. The molecule has 1 saturated carbocycles. The summed E-state index contributed by atoms with van der Waals surface area (Å²) in [7, 11) is 0. The van der Waals surface area contributed by atoms with E-state index in [1.165, 1.54) is 50.5 Å². The number of thiophene rings is 1. The normalized spacial score (nSPS) is 18.4. The monoisotopic (exact) mass is 294 g/mol. The van der Waals surface area contributed by atoms with Gasteiger partial charge in [-0.1, -0.05) is 32.6 Å². The lowest BCUT2D eigenvalue weighted by atomic mass is 9.91. The minimum atomic E-state index is 0.177. The van der Waals surface area contributed by atoms with E-state index in [4.69, 9.17) is 5.73 Å². The minimum Gasteiger partial charge on any atom is -0.329 e. The van der Waals surface area contributed by atoms with Crippen molar-refractivity contribution in [3.05, 3.63) is 22.4 Å². The third-order valence-corrected chi connectivity index (χ3v) is 5.35. The standard InChI is InChI=1S/C17H30N2S/c1-3-4-5-6-10-17(2,14-18)19(16-7-8-16)12-15-9-11-20-13-15/h9,11,13,16H,3-8,10,12,14,18H2,1-2H3. The summed E-state index contributed by atoms with van der Waals surface area (Å²) in [5.74, 6) is 0. The van der Waals surface area contributed by atoms with Gasteiger partial charge in [0.15, 0.2) is 0 Å². The van der Waals surface area contributed by atoms with Crippen LogP contribution in [-0.2, 0) is 6.54 Å². The second-order valence-corrected chi connectivity index (χ2v) is 7.28. The van der Waals surface area contributed by atoms with Gasteiger partial charge in [0.25, 0.3) is 0 Å². The Hall–Kier alpha value is -0.380. The molecule has 0 aromatic carbocycles. The highest BCUT2D eigenvalue weighted by atomic mass is 32.1. The molecule has 1 aliphatic rings. The Morgan fingerprint density at radius 2 is 2.15 bits per heavy atom. The second kappa shape index (κ2) is 7.58. The van der Waals surface area contributed by atoms with Crippen LogP contribution in [0.1, 0.15) is 64.4 Å². The molecule has 2 nitrogen and oxygen atoms in total. The summed E-state index contributed by atoms with van der Waals surface area (Å²) in [5.41, 5.74) is 7.81. The van der Waals surface area contributed by atoms with E-state index < -0.39 is 0 Å². The zero-order chi connectivity index (χ0) is 14.4. The fourth-order valence-electron chi connectivity index (χ4n) is 3.02. The summed E-state index contributed by atoms with van der Waals surface area (Å²) in [6, 6.07) is 3.03. The van der Waals surface area contributed by atoms with Crippen LogP contribution in [0.25, 0.3) is 0 Å². The van der Waals surface area contributed by atoms with Crippen molar-refractivity contribution in [3.63, 3.8) is 0 Å². The van der Waals surface area contributed by atoms with Crippen LogP contribution in [0, 0.1) is 0 Å². The first-order valence-electron chi connectivity index (χ1n) is 8.17. The smallest absolute Gasteiger partial charge is 0.0310 e. The first-order chi connectivity index (χ1) is 9.69. The van der Waals surface area contributed by atoms with Crippen LogP contribution in [0.15, 0.2) is 16.8 Å². The summed E-state index contributed by atoms with van der Waals surface area (Å²) in [5, 5.41) is 4.46. The van der Waals surface area contributed by atoms with E-state index >= 15 is 0 Å². The highest BCUT2D eigenvalue weighted by Gasteiger charge is 2.40. The Balaban J connectivity index is 1.96. The van der Waals surface area contributed by atoms with Crippen LogP contribution in [0.3, 0.4) is 0 Å². The maximum atomic E-state index is 6.18. The van der Waals surface area contributed by atoms with E-state index in [-0.39, 0.29) is 5.54 Å². The molecule has 0 radical (unpaired) electrons. The fraction of sp³-hybridized carbons (Fsp3) is 0.765. The molecule has 1 aromatic rings. The van der Waals surface area contributed by atoms with Crippen LogP contribution in [0.5, 0.6) is 0 Å². The van der Waals surface area contributed by atoms with E-state index in [1.807, 2.05) is 0 Å². The van der Waals surface area contributed by atoms with Crippen molar-refractivity contribution in [3.8, 4) is 0 Å². The van der Waals surface area contributed by atoms with Crippen molar-refractivity contribution >= 4 is 11.3 Å². The molecule has 0 aliphatic heterocycles. The third-order valence-electron chi connectivity index (χ3n) is 4.62. The van der Waals surface area contributed by atoms with Crippen molar-refractivity contribution in [1.82, 2.24) is 4.90 Å². The van der Waals surface area contributed by atoms with Crippen LogP contribution in [-0.4, -0.2) is 23.0 Å². The maximum absolute atomic E-state index is 6.18. The van der Waals surface area contributed by atoms with Gasteiger partial charge in [-0.25, -0.2) is 0 Å². The molecular formula is C17H30N2S. The molecule has 1 aliphatic carbocycles. The number of rotatable bonds is 10. The lowest BCUT2D eigenvalue weighted by Gasteiger charge is -2.41. The van der Waals surface area contributed by atoms with Crippen molar-refractivity contribution in [2.45, 2.75) is 76.9 Å². The molecule has 1 fully saturated rings. The number of hydrogen-bond donors (Lipinski definition) is 1. The summed E-state index contributed by atoms with van der Waals surface area (Å²) >= 11 is 1.80. The Morgan fingerprint density at radius 3 is 2.70 bits per heavy atom. The SMILES string of the molecule is CCCCCCC(C)(CN)N(Cc1ccsc1)C1CC1. The summed E-state index contributed by atoms with van der Waals surface area (Å²) < 4.78 is 0. The predicted molar refractivity (Wildman–Crippen MR) is 89.1 cm³/mol. The number of nitrogens with two attached hydrogens (primary N) is 1. The number of unbranched alkanes of at least 4 members (excludes halogenated alkanes) is 3. The van der Waals surface area contributed by atoms with Gasteiger partial charge in [-0.15, -0.1) is 0 Å². The molecule has 0 spiro atoms. The van der Waals surface area contributed by atoms with E-state index in [0.717, 1.165) is 19.1 Å². The summed E-state index contributed by atoms with van der Waals surface area (Å²) in [4.78, 5) is 2.70. The molecule has 2 N–H and O–H groups in total. The fourth-order valence-corrected chi connectivity index (χ4v) is 3.68. The Kier molecular flexibility index (Phi) is 6.06. The van der Waals surface area contributed by atoms with E-state index in [2.05, 4.69) is 35.6 Å². The maximum Gasteiger partial charge on any atom is 0.0310 e. The van der Waals surface area contributed by atoms with E-state index in [0.29, 0.717) is 0 Å². The second-order valence-electron chi connectivity index (χ2n) is 6.50. The minimum absolute atomic E-state index is 0.177. The average molecular weight is 295 g/mol. The van der Waals surface area contributed by atoms with Gasteiger partial charge >= 0.3 is 0 Å². The molecule has 0 saturated heterocycles. The molecule has 3 heteroatoms. The average Bonchev–Trinajstić information content (AvgIpc) is 3.17. The van der Waals surface area contributed by atoms with Crippen molar-refractivity contribution in [2.75, 3.05) is 6.54 Å². The zero-order valence-corrected chi connectivity index (χ0v) is 13.9. The topological polar surface area (TPSA) is 29.3 Å². The van der Waals surface area contributed by atoms with Crippen molar-refractivity contribution in [1.29, 1.82) is 0 Å². The number of hydrogen-bond acceptors (Lipinski definition) is 3. The van der Waals surface area contributed by atoms with Gasteiger partial charge in [-0.3, -0.25) is 4.90 Å². The number of nitrogens with zero attached hydrogens (tertiary/aromatic N) is 1. The van der Waals surface area contributed by atoms with Crippen LogP contribution >= 0.6 is 11.3 Å². The van der Waals surface area contributed by atoms with Gasteiger partial charge in [-0.05, 0) is 48.6 Å². The highest BCUT2D eigenvalue weighted by Crippen LogP contribution is 2.36. The molecule has 1 heterocycles. The molecular weight excluding hydrogens is 264 g/mol. The lowest BCUT2D eigenvalue weighted by molar-refractivity contribution is 0.0810. The molecule has 1 aromatic heterocycles. The van der Waals surface area contributed by atoms with Gasteiger partial charge in [0.2, 0.25) is 0 Å². The Labute approximate surface area is 128 Å². The first-order valence-corrected chi connectivity index (χ1v) is 9.12. The molecule has 114 valence electrons. The van der Waals surface area contributed by atoms with Crippen molar-refractivity contribution in [2.24, 2.45) is 5.73 Å². The van der Waals surface area contributed by atoms with Crippen LogP contribution in [0.4, 0.5) is 0 Å². The molecule has 2 rings (SSSR count). The predicted octanol–water partition coefficient (Wildman–Crippen LogP) is 4.40. The molecule has 20 heavy (non-hydrogen) atoms. The van der Waals surface area contributed by atoms with E-state index in [9.17, 15) is 0 Å². The Bertz CT molecular complexity index is 372. The van der Waals surface area contributed by atoms with E-state index in [1.54, 1.807) is 11.3 Å². The largest absolute Gasteiger partial charge is 0.329 e. The van der Waals surface area contributed by atoms with Crippen LogP contribution in [0.2, 0.25) is 0 Å². The highest BCUT2D eigenvalue weighted by molar-refractivity contribution is 7.07. The zero-order valence-electron chi connectivity index (χ0n) is 13.1. The quantitative estimate of drug-likeness (QED) is 0.648. The van der Waals surface area contributed by atoms with Gasteiger partial charge in [0.05, 0.1) is 0 Å². The van der Waals surface area contributed by atoms with Crippen molar-refractivity contribution < 1.29 is 0 Å². The third kappa shape index (κ3) is 4.31. The lowest BCUT2D eigenvalue weighted by Crippen LogP contribution is -2.52. The van der Waals surface area contributed by atoms with Gasteiger partial charge in [-0.2, -0.15) is 11.3 Å². The van der Waals surface area contributed by atoms with Gasteiger partial charge < -0.3 is 5.73 Å². The summed E-state index contributed by atoms with van der Waals surface area (Å²) in [6.07, 6.45) is 9.28. The molecule has 0 bridgehead atoms. The summed E-state index contributed by atoms with van der Waals surface area (Å²) in [6.45, 7) is 6.51. The first kappa shape index (κ1) is 16.0. The van der Waals surface area contributed by atoms with Crippen LogP contribution < -0.4 is 5.73 Å². The van der Waals surface area contributed by atoms with Gasteiger partial charge in [0.1, 0.15) is 0 Å². The molecule has 1 unspecified atom stereocenters. The molecule has 1 atom stereocenters. The Morgan fingerprint density at radius 1 is 1.35 bits per heavy atom.